The van der Waals surface area contributed by atoms with Gasteiger partial charge in [-0.1, -0.05) is 30.3 Å². The van der Waals surface area contributed by atoms with E-state index in [0.717, 1.165) is 50.8 Å². The number of phenols is 1. The van der Waals surface area contributed by atoms with E-state index in [4.69, 9.17) is 23.7 Å². The third-order valence-electron chi connectivity index (χ3n) is 13.0. The first-order valence-corrected chi connectivity index (χ1v) is 20.4. The Bertz CT molecular complexity index is 2460. The number of para-hydroxylation sites is 1. The summed E-state index contributed by atoms with van der Waals surface area (Å²) in [6.07, 6.45) is 3.05. The van der Waals surface area contributed by atoms with Crippen molar-refractivity contribution in [2.75, 3.05) is 39.4 Å². The number of nitrogens with zero attached hydrogens (tertiary/aromatic N) is 3. The minimum Gasteiger partial charge on any atom is -0.504 e. The molecule has 294 valence electrons. The molecule has 4 aromatic rings. The number of benzene rings is 3. The number of aryl methyl sites for hydroxylation is 1. The molecule has 2 fully saturated rings. The van der Waals surface area contributed by atoms with E-state index in [1.165, 1.54) is 6.92 Å². The van der Waals surface area contributed by atoms with Gasteiger partial charge in [0, 0.05) is 71.0 Å². The number of rotatable bonds is 4. The smallest absolute Gasteiger partial charge is 0.333 e. The number of piperazine rings is 1. The summed E-state index contributed by atoms with van der Waals surface area (Å²) < 4.78 is 30.9. The third kappa shape index (κ3) is 4.92. The number of nitrogens with one attached hydrogen (secondary N) is 2. The lowest BCUT2D eigenvalue weighted by Crippen LogP contribution is -2.70. The van der Waals surface area contributed by atoms with Crippen LogP contribution in [-0.2, 0) is 32.7 Å². The van der Waals surface area contributed by atoms with E-state index in [-0.39, 0.29) is 30.9 Å². The van der Waals surface area contributed by atoms with Gasteiger partial charge in [0.1, 0.15) is 18.4 Å². The number of H-pyrrole nitrogens is 1. The van der Waals surface area contributed by atoms with Crippen molar-refractivity contribution in [1.29, 1.82) is 5.26 Å². The second kappa shape index (κ2) is 13.2. The minimum absolute atomic E-state index is 0.0451. The Morgan fingerprint density at radius 2 is 1.98 bits per heavy atom. The maximum atomic E-state index is 14.9. The Morgan fingerprint density at radius 3 is 2.75 bits per heavy atom. The van der Waals surface area contributed by atoms with Gasteiger partial charge in [-0.25, -0.2) is 4.79 Å². The molecule has 0 saturated carbocycles. The number of hydrogen-bond donors (Lipinski definition) is 3. The average Bonchev–Trinajstić information content (AvgIpc) is 3.84. The first kappa shape index (κ1) is 36.2. The van der Waals surface area contributed by atoms with Crippen molar-refractivity contribution in [1.82, 2.24) is 20.1 Å². The van der Waals surface area contributed by atoms with Crippen molar-refractivity contribution in [3.8, 4) is 34.8 Å². The van der Waals surface area contributed by atoms with Gasteiger partial charge < -0.3 is 33.8 Å². The zero-order valence-electron chi connectivity index (χ0n) is 32.1. The zero-order chi connectivity index (χ0) is 39.5. The number of fused-ring (bicyclic) bond motifs is 11. The maximum absolute atomic E-state index is 14.9. The summed E-state index contributed by atoms with van der Waals surface area (Å²) in [6, 6.07) is 10.1. The summed E-state index contributed by atoms with van der Waals surface area (Å²) in [6.45, 7) is 10.1. The number of methoxy groups -OCH3 is 1. The van der Waals surface area contributed by atoms with E-state index in [1.807, 2.05) is 38.1 Å². The molecule has 4 bridgehead atoms. The van der Waals surface area contributed by atoms with Crippen molar-refractivity contribution in [2.24, 2.45) is 0 Å². The van der Waals surface area contributed by atoms with Gasteiger partial charge in [-0.3, -0.25) is 19.9 Å². The lowest BCUT2D eigenvalue weighted by atomic mass is 9.71. The molecule has 7 aliphatic rings. The number of carbonyl (C=O) groups excluding carboxylic acids is 2. The number of aromatic amines is 1. The Kier molecular flexibility index (Phi) is 8.36. The van der Waals surface area contributed by atoms with Crippen LogP contribution in [-0.4, -0.2) is 89.3 Å². The fourth-order valence-electron chi connectivity index (χ4n) is 10.8. The SMILES string of the molecule is C=CCN1[C@H]2c3c(cc(C)c(OC)c3O)C[C@H]1[C@H](C#N)N1C2[C@@H]2SC[C@]3(NCCc4c3[nH]c3ccccc43)C(=O)OC[C@@H]1c1c3c(c(C)c(OC(C)=O)c12)OCO3. The van der Waals surface area contributed by atoms with Crippen LogP contribution in [0.15, 0.2) is 43.0 Å². The molecular weight excluding hydrogens is 747 g/mol. The number of ether oxygens (including phenoxy) is 5. The Hall–Kier alpha value is -5.20. The van der Waals surface area contributed by atoms with Crippen LogP contribution in [0.4, 0.5) is 0 Å². The van der Waals surface area contributed by atoms with Crippen LogP contribution in [0.25, 0.3) is 10.9 Å². The van der Waals surface area contributed by atoms with Gasteiger partial charge in [0.05, 0.1) is 36.2 Å². The van der Waals surface area contributed by atoms with Crippen LogP contribution in [0, 0.1) is 25.2 Å². The number of carbonyl (C=O) groups is 2. The highest BCUT2D eigenvalue weighted by Gasteiger charge is 2.62. The molecule has 1 unspecified atom stereocenters. The van der Waals surface area contributed by atoms with Crippen molar-refractivity contribution < 1.29 is 38.4 Å². The van der Waals surface area contributed by atoms with Crippen LogP contribution in [0.2, 0.25) is 0 Å². The van der Waals surface area contributed by atoms with E-state index in [1.54, 1.807) is 18.9 Å². The fourth-order valence-corrected chi connectivity index (χ4v) is 12.5. The third-order valence-corrected chi connectivity index (χ3v) is 14.4. The molecule has 3 N–H and O–H groups in total. The molecule has 3 aromatic carbocycles. The second-order valence-corrected chi connectivity index (χ2v) is 16.9. The highest BCUT2D eigenvalue weighted by atomic mass is 32.2. The molecule has 0 amide bonds. The van der Waals surface area contributed by atoms with Crippen molar-refractivity contribution in [3.63, 3.8) is 0 Å². The van der Waals surface area contributed by atoms with Gasteiger partial charge in [-0.15, -0.1) is 18.3 Å². The molecular formula is C43H43N5O8S. The van der Waals surface area contributed by atoms with Gasteiger partial charge in [0.2, 0.25) is 6.79 Å². The normalized spacial score (nSPS) is 28.4. The van der Waals surface area contributed by atoms with E-state index >= 15 is 0 Å². The Labute approximate surface area is 333 Å². The number of hydrogen-bond acceptors (Lipinski definition) is 13. The number of phenolic OH excluding ortho intramolecular Hbond substituents is 1. The number of esters is 2. The van der Waals surface area contributed by atoms with Crippen molar-refractivity contribution >= 4 is 34.6 Å². The molecule has 0 aliphatic carbocycles. The summed E-state index contributed by atoms with van der Waals surface area (Å²) in [5.41, 5.74) is 6.00. The predicted molar refractivity (Wildman–Crippen MR) is 211 cm³/mol. The van der Waals surface area contributed by atoms with E-state index in [2.05, 4.69) is 44.9 Å². The lowest BCUT2D eigenvalue weighted by molar-refractivity contribution is -0.157. The molecule has 7 atom stereocenters. The largest absolute Gasteiger partial charge is 0.504 e. The average molecular weight is 790 g/mol. The van der Waals surface area contributed by atoms with Crippen molar-refractivity contribution in [3.05, 3.63) is 87.6 Å². The molecule has 1 spiro atoms. The standard InChI is InChI=1S/C43H43N5O8S/c1-6-13-47-27-15-23-14-20(2)36(52-5)35(50)30(23)33(47)34-40-32-31(39-38(54-19-55-39)21(3)37(32)56-22(4)49)29(48(34)28(27)16-44)17-53-42(51)43(18-57-40)41-25(11-12-45-43)24-9-7-8-10-26(24)46-41/h6-10,14,27-29,33-34,40,45-46,50H,1,11-13,15,17-19H2,2-5H3/t27-,28-,29+,33-,34?,40+,43+/m0/s1. The van der Waals surface area contributed by atoms with Crippen LogP contribution in [0.5, 0.6) is 28.7 Å². The zero-order valence-corrected chi connectivity index (χ0v) is 33.0. The van der Waals surface area contributed by atoms with E-state index < -0.39 is 46.9 Å². The molecule has 2 saturated heterocycles. The summed E-state index contributed by atoms with van der Waals surface area (Å²) in [5, 5.41) is 27.6. The highest BCUT2D eigenvalue weighted by molar-refractivity contribution is 7.99. The van der Waals surface area contributed by atoms with Crippen molar-refractivity contribution in [2.45, 2.75) is 74.6 Å². The molecule has 14 heteroatoms. The van der Waals surface area contributed by atoms with E-state index in [9.17, 15) is 20.0 Å². The van der Waals surface area contributed by atoms with Crippen LogP contribution >= 0.6 is 11.8 Å². The predicted octanol–water partition coefficient (Wildman–Crippen LogP) is 5.31. The molecule has 1 aromatic heterocycles. The fraction of sp³-hybridized carbons (Fsp3) is 0.419. The number of thioether (sulfide) groups is 1. The van der Waals surface area contributed by atoms with Gasteiger partial charge in [-0.05, 0) is 49.4 Å². The van der Waals surface area contributed by atoms with Gasteiger partial charge in [0.15, 0.2) is 28.5 Å². The molecule has 57 heavy (non-hydrogen) atoms. The summed E-state index contributed by atoms with van der Waals surface area (Å²) in [5.74, 6) is 1.06. The first-order chi connectivity index (χ1) is 27.6. The minimum atomic E-state index is -1.26. The van der Waals surface area contributed by atoms with Gasteiger partial charge in [0.25, 0.3) is 0 Å². The number of aromatic hydroxyl groups is 1. The number of aromatic nitrogens is 1. The quantitative estimate of drug-likeness (QED) is 0.139. The Balaban J connectivity index is 1.27. The molecule has 0 radical (unpaired) electrons. The first-order valence-electron chi connectivity index (χ1n) is 19.3. The molecule has 11 rings (SSSR count). The topological polar surface area (TPSA) is 159 Å². The summed E-state index contributed by atoms with van der Waals surface area (Å²) in [4.78, 5) is 36.0. The Morgan fingerprint density at radius 1 is 1.18 bits per heavy atom. The van der Waals surface area contributed by atoms with Crippen LogP contribution in [0.3, 0.4) is 0 Å². The van der Waals surface area contributed by atoms with Gasteiger partial charge in [-0.2, -0.15) is 5.26 Å². The van der Waals surface area contributed by atoms with Crippen LogP contribution in [0.1, 0.15) is 68.9 Å². The molecule has 13 nitrogen and oxygen atoms in total. The number of nitriles is 1. The van der Waals surface area contributed by atoms with E-state index in [0.29, 0.717) is 53.6 Å². The highest BCUT2D eigenvalue weighted by Crippen LogP contribution is 2.65. The molecule has 7 aliphatic heterocycles. The second-order valence-electron chi connectivity index (χ2n) is 15.8. The van der Waals surface area contributed by atoms with Gasteiger partial charge >= 0.3 is 11.9 Å². The summed E-state index contributed by atoms with van der Waals surface area (Å²) >= 11 is 1.55. The molecule has 8 heterocycles. The lowest BCUT2D eigenvalue weighted by Gasteiger charge is -2.62. The monoisotopic (exact) mass is 789 g/mol. The summed E-state index contributed by atoms with van der Waals surface area (Å²) in [7, 11) is 1.55. The maximum Gasteiger partial charge on any atom is 0.333 e. The van der Waals surface area contributed by atoms with Crippen LogP contribution < -0.4 is 24.3 Å².